The molecular weight excluding hydrogens is 322 g/mol. The number of hydrogen-bond acceptors (Lipinski definition) is 6. The predicted molar refractivity (Wildman–Crippen MR) is 94.4 cm³/mol. The second-order valence-electron chi connectivity index (χ2n) is 5.41. The lowest BCUT2D eigenvalue weighted by molar-refractivity contribution is 0.0948. The van der Waals surface area contributed by atoms with Crippen LogP contribution in [0.1, 0.15) is 29.8 Å². The highest BCUT2D eigenvalue weighted by Gasteiger charge is 2.38. The quantitative estimate of drug-likeness (QED) is 0.722. The van der Waals surface area contributed by atoms with Gasteiger partial charge < -0.3 is 10.6 Å². The van der Waals surface area contributed by atoms with Crippen molar-refractivity contribution < 1.29 is 4.79 Å². The summed E-state index contributed by atoms with van der Waals surface area (Å²) in [4.78, 5) is 16.5. The summed E-state index contributed by atoms with van der Waals surface area (Å²) in [5.74, 6) is 2.39. The third-order valence-corrected chi connectivity index (χ3v) is 4.42. The molecule has 0 unspecified atom stereocenters. The minimum absolute atomic E-state index is 0.206. The minimum atomic E-state index is -0.382. The fourth-order valence-electron chi connectivity index (χ4n) is 2.28. The first-order valence-corrected chi connectivity index (χ1v) is 8.52. The first-order chi connectivity index (χ1) is 11.7. The highest BCUT2D eigenvalue weighted by Crippen LogP contribution is 2.36. The van der Waals surface area contributed by atoms with E-state index in [1.54, 1.807) is 5.51 Å². The van der Waals surface area contributed by atoms with Gasteiger partial charge in [0.25, 0.3) is 5.91 Å². The van der Waals surface area contributed by atoms with Crippen molar-refractivity contribution in [3.63, 3.8) is 0 Å². The molecule has 0 aliphatic carbocycles. The number of carbonyl (C=O) groups is 1. The molecule has 0 fully saturated rings. The zero-order valence-electron chi connectivity index (χ0n) is 13.0. The molecule has 122 valence electrons. The first-order valence-electron chi connectivity index (χ1n) is 7.64. The maximum Gasteiger partial charge on any atom is 0.272 e. The van der Waals surface area contributed by atoms with Crippen molar-refractivity contribution in [2.45, 2.75) is 24.9 Å². The molecule has 1 aliphatic heterocycles. The van der Waals surface area contributed by atoms with Crippen LogP contribution in [0.5, 0.6) is 0 Å². The van der Waals surface area contributed by atoms with Crippen LogP contribution in [-0.2, 0) is 0 Å². The summed E-state index contributed by atoms with van der Waals surface area (Å²) < 4.78 is 0. The van der Waals surface area contributed by atoms with Crippen molar-refractivity contribution in [3.05, 3.63) is 41.5 Å². The van der Waals surface area contributed by atoms with E-state index < -0.39 is 0 Å². The molecule has 0 radical (unpaired) electrons. The summed E-state index contributed by atoms with van der Waals surface area (Å²) >= 11 is 1.39. The van der Waals surface area contributed by atoms with E-state index in [-0.39, 0.29) is 11.6 Å². The van der Waals surface area contributed by atoms with Crippen molar-refractivity contribution >= 4 is 27.9 Å². The SMILES string of the molecule is C#CCCC1(CCNC(=O)c2ncsc2Nc2ccccc2)N=N1. The molecule has 7 heteroatoms. The molecule has 0 bridgehead atoms. The van der Waals surface area contributed by atoms with Gasteiger partial charge in [0.2, 0.25) is 0 Å². The fourth-order valence-corrected chi connectivity index (χ4v) is 2.97. The number of carbonyl (C=O) groups excluding carboxylic acids is 1. The number of aromatic nitrogens is 1. The molecule has 2 N–H and O–H groups in total. The molecule has 1 aromatic heterocycles. The Morgan fingerprint density at radius 3 is 2.75 bits per heavy atom. The van der Waals surface area contributed by atoms with Gasteiger partial charge in [0.15, 0.2) is 11.4 Å². The Hall–Kier alpha value is -2.72. The monoisotopic (exact) mass is 339 g/mol. The van der Waals surface area contributed by atoms with E-state index in [9.17, 15) is 4.79 Å². The zero-order valence-corrected chi connectivity index (χ0v) is 13.8. The summed E-state index contributed by atoms with van der Waals surface area (Å²) in [6.07, 6.45) is 7.30. The van der Waals surface area contributed by atoms with Gasteiger partial charge in [-0.05, 0) is 12.1 Å². The normalized spacial score (nSPS) is 14.0. The number of rotatable bonds is 8. The van der Waals surface area contributed by atoms with Gasteiger partial charge in [-0.3, -0.25) is 4.79 Å². The summed E-state index contributed by atoms with van der Waals surface area (Å²) in [6, 6.07) is 9.68. The molecule has 6 nitrogen and oxygen atoms in total. The number of hydrogen-bond donors (Lipinski definition) is 2. The minimum Gasteiger partial charge on any atom is -0.350 e. The van der Waals surface area contributed by atoms with Crippen LogP contribution in [0.25, 0.3) is 0 Å². The molecule has 3 rings (SSSR count). The van der Waals surface area contributed by atoms with E-state index in [1.165, 1.54) is 11.3 Å². The van der Waals surface area contributed by atoms with Crippen molar-refractivity contribution in [3.8, 4) is 12.3 Å². The lowest BCUT2D eigenvalue weighted by atomic mass is 10.0. The molecule has 0 atom stereocenters. The molecule has 24 heavy (non-hydrogen) atoms. The summed E-state index contributed by atoms with van der Waals surface area (Å²) in [7, 11) is 0. The number of anilines is 2. The second-order valence-corrected chi connectivity index (χ2v) is 6.27. The van der Waals surface area contributed by atoms with Crippen LogP contribution in [0, 0.1) is 12.3 Å². The number of thiazole rings is 1. The fraction of sp³-hybridized carbons (Fsp3) is 0.294. The third kappa shape index (κ3) is 3.97. The van der Waals surface area contributed by atoms with Crippen molar-refractivity contribution in [1.82, 2.24) is 10.3 Å². The number of amides is 1. The maximum absolute atomic E-state index is 12.3. The van der Waals surface area contributed by atoms with Crippen LogP contribution in [0.4, 0.5) is 10.7 Å². The van der Waals surface area contributed by atoms with Gasteiger partial charge in [0.1, 0.15) is 5.00 Å². The van der Waals surface area contributed by atoms with Gasteiger partial charge in [-0.15, -0.1) is 23.7 Å². The zero-order chi connectivity index (χ0) is 16.8. The maximum atomic E-state index is 12.3. The van der Waals surface area contributed by atoms with Gasteiger partial charge in [0, 0.05) is 31.5 Å². The van der Waals surface area contributed by atoms with Crippen LogP contribution in [0.2, 0.25) is 0 Å². The van der Waals surface area contributed by atoms with E-state index in [2.05, 4.69) is 31.8 Å². The highest BCUT2D eigenvalue weighted by molar-refractivity contribution is 7.14. The summed E-state index contributed by atoms with van der Waals surface area (Å²) in [6.45, 7) is 0.485. The second kappa shape index (κ2) is 7.23. The molecule has 1 aromatic carbocycles. The van der Waals surface area contributed by atoms with Crippen LogP contribution in [-0.4, -0.2) is 23.1 Å². The number of terminal acetylenes is 1. The first kappa shape index (κ1) is 16.1. The number of benzene rings is 1. The molecule has 2 heterocycles. The van der Waals surface area contributed by atoms with E-state index in [0.717, 1.165) is 17.1 Å². The average Bonchev–Trinajstić information content (AvgIpc) is 3.22. The summed E-state index contributed by atoms with van der Waals surface area (Å²) in [5, 5.41) is 14.9. The van der Waals surface area contributed by atoms with Gasteiger partial charge in [-0.1, -0.05) is 18.2 Å². The van der Waals surface area contributed by atoms with Gasteiger partial charge in [-0.25, -0.2) is 4.98 Å². The smallest absolute Gasteiger partial charge is 0.272 e. The Kier molecular flexibility index (Phi) is 4.87. The molecule has 0 spiro atoms. The van der Waals surface area contributed by atoms with E-state index >= 15 is 0 Å². The van der Waals surface area contributed by atoms with Gasteiger partial charge in [-0.2, -0.15) is 10.2 Å². The Balaban J connectivity index is 1.53. The highest BCUT2D eigenvalue weighted by atomic mass is 32.1. The molecule has 2 aromatic rings. The third-order valence-electron chi connectivity index (χ3n) is 3.68. The van der Waals surface area contributed by atoms with E-state index in [0.29, 0.717) is 25.1 Å². The molecule has 0 saturated carbocycles. The number of nitrogens with one attached hydrogen (secondary N) is 2. The molecule has 0 saturated heterocycles. The average molecular weight is 339 g/mol. The molecule has 1 amide bonds. The van der Waals surface area contributed by atoms with Crippen molar-refractivity contribution in [2.75, 3.05) is 11.9 Å². The van der Waals surface area contributed by atoms with E-state index in [4.69, 9.17) is 6.42 Å². The Labute approximate surface area is 144 Å². The van der Waals surface area contributed by atoms with Crippen LogP contribution >= 0.6 is 11.3 Å². The topological polar surface area (TPSA) is 78.7 Å². The number of para-hydroxylation sites is 1. The largest absolute Gasteiger partial charge is 0.350 e. The predicted octanol–water partition coefficient (Wildman–Crippen LogP) is 3.58. The van der Waals surface area contributed by atoms with Crippen LogP contribution in [0.3, 0.4) is 0 Å². The molecule has 1 aliphatic rings. The Morgan fingerprint density at radius 2 is 2.04 bits per heavy atom. The lowest BCUT2D eigenvalue weighted by Gasteiger charge is -2.10. The van der Waals surface area contributed by atoms with Crippen molar-refractivity contribution in [1.29, 1.82) is 0 Å². The molecular formula is C17H17N5OS. The van der Waals surface area contributed by atoms with Gasteiger partial charge in [0.05, 0.1) is 5.51 Å². The van der Waals surface area contributed by atoms with Gasteiger partial charge >= 0.3 is 0 Å². The van der Waals surface area contributed by atoms with Crippen LogP contribution in [0.15, 0.2) is 46.1 Å². The van der Waals surface area contributed by atoms with E-state index in [1.807, 2.05) is 30.3 Å². The number of nitrogens with zero attached hydrogens (tertiary/aromatic N) is 3. The van der Waals surface area contributed by atoms with Crippen molar-refractivity contribution in [2.24, 2.45) is 10.2 Å². The lowest BCUT2D eigenvalue weighted by Crippen LogP contribution is -2.28. The Bertz CT molecular complexity index is 772. The standard InChI is InChI=1S/C17H17N5OS/c1-2-3-9-17(21-22-17)10-11-18-15(23)14-16(24-12-19-14)20-13-7-5-4-6-8-13/h1,4-8,12,20H,3,9-11H2,(H,18,23). The Morgan fingerprint density at radius 1 is 1.25 bits per heavy atom. The summed E-state index contributed by atoms with van der Waals surface area (Å²) in [5.41, 5.74) is 2.58. The van der Waals surface area contributed by atoms with Crippen LogP contribution < -0.4 is 10.6 Å².